The molecule has 0 N–H and O–H groups in total. The van der Waals surface area contributed by atoms with Crippen molar-refractivity contribution in [3.05, 3.63) is 133 Å². The molecule has 0 saturated heterocycles. The molecule has 214 valence electrons. The van der Waals surface area contributed by atoms with Crippen LogP contribution in [0.5, 0.6) is 0 Å². The van der Waals surface area contributed by atoms with Crippen molar-refractivity contribution in [2.24, 2.45) is 0 Å². The zero-order valence-corrected chi connectivity index (χ0v) is 22.8. The molecule has 0 aliphatic heterocycles. The van der Waals surface area contributed by atoms with E-state index in [4.69, 9.17) is 0 Å². The monoisotopic (exact) mass is 590 g/mol. The first-order valence-electron chi connectivity index (χ1n) is 14.0. The summed E-state index contributed by atoms with van der Waals surface area (Å²) in [6, 6.07) is 35.4. The van der Waals surface area contributed by atoms with Crippen molar-refractivity contribution >= 4 is 53.9 Å². The van der Waals surface area contributed by atoms with Gasteiger partial charge in [-0.25, -0.2) is 4.39 Å². The SMILES string of the molecule is Fc1ccc(-c2c3ccccc3c(-c3cc4ccc5cc(C(F)(F)C(F)(F)F)cc6ccc(c3)c4c56)c3ccccc23)cc1. The standard InChI is InChI=1S/C38H20F6/c39-28-15-13-21(14-16-28)35-29-5-1-3-7-31(29)36(32-8-4-2-6-30(32)35)26-17-22-9-11-24-19-27(37(40,41)38(42,43)44)20-25-12-10-23(18-26)33(22)34(24)25/h1-20H. The quantitative estimate of drug-likeness (QED) is 0.109. The van der Waals surface area contributed by atoms with Crippen LogP contribution in [0.15, 0.2) is 121 Å². The Bertz CT molecular complexity index is 2280. The Morgan fingerprint density at radius 1 is 0.409 bits per heavy atom. The number of alkyl halides is 5. The Kier molecular flexibility index (Phi) is 5.54. The van der Waals surface area contributed by atoms with Crippen LogP contribution in [0.2, 0.25) is 0 Å². The van der Waals surface area contributed by atoms with Gasteiger partial charge in [-0.05, 0) is 113 Å². The van der Waals surface area contributed by atoms with Crippen molar-refractivity contribution in [2.75, 3.05) is 0 Å². The van der Waals surface area contributed by atoms with Gasteiger partial charge in [-0.15, -0.1) is 0 Å². The molecule has 0 aromatic heterocycles. The topological polar surface area (TPSA) is 0 Å². The Hall–Kier alpha value is -5.10. The van der Waals surface area contributed by atoms with Gasteiger partial charge >= 0.3 is 12.1 Å². The third-order valence-corrected chi connectivity index (χ3v) is 8.61. The number of fused-ring (bicyclic) bond motifs is 2. The fraction of sp³-hybridized carbons (Fsp3) is 0.0526. The lowest BCUT2D eigenvalue weighted by molar-refractivity contribution is -0.289. The summed E-state index contributed by atoms with van der Waals surface area (Å²) in [5.41, 5.74) is 2.79. The van der Waals surface area contributed by atoms with E-state index < -0.39 is 17.7 Å². The summed E-state index contributed by atoms with van der Waals surface area (Å²) in [7, 11) is 0. The third-order valence-electron chi connectivity index (χ3n) is 8.61. The first-order chi connectivity index (χ1) is 21.1. The van der Waals surface area contributed by atoms with Gasteiger partial charge in [0.2, 0.25) is 0 Å². The fourth-order valence-electron chi connectivity index (χ4n) is 6.69. The Morgan fingerprint density at radius 2 is 0.795 bits per heavy atom. The van der Waals surface area contributed by atoms with Crippen molar-refractivity contribution < 1.29 is 26.3 Å². The molecule has 0 unspecified atom stereocenters. The molecule has 8 rings (SSSR count). The van der Waals surface area contributed by atoms with Crippen molar-refractivity contribution in [1.29, 1.82) is 0 Å². The van der Waals surface area contributed by atoms with E-state index in [0.717, 1.165) is 72.1 Å². The molecule has 0 fully saturated rings. The average Bonchev–Trinajstić information content (AvgIpc) is 3.02. The molecule has 0 bridgehead atoms. The van der Waals surface area contributed by atoms with Gasteiger partial charge in [0.1, 0.15) is 5.82 Å². The zero-order chi connectivity index (χ0) is 30.4. The minimum Gasteiger partial charge on any atom is -0.207 e. The molecule has 0 heterocycles. The fourth-order valence-corrected chi connectivity index (χ4v) is 6.69. The van der Waals surface area contributed by atoms with E-state index in [2.05, 4.69) is 24.3 Å². The third kappa shape index (κ3) is 3.80. The number of hydrogen-bond acceptors (Lipinski definition) is 0. The highest BCUT2D eigenvalue weighted by atomic mass is 19.4. The lowest BCUT2D eigenvalue weighted by Gasteiger charge is -2.22. The van der Waals surface area contributed by atoms with Crippen LogP contribution in [0, 0.1) is 5.82 Å². The summed E-state index contributed by atoms with van der Waals surface area (Å²) in [4.78, 5) is 0. The van der Waals surface area contributed by atoms with Crippen LogP contribution in [0.25, 0.3) is 76.1 Å². The molecule has 0 aliphatic carbocycles. The molecule has 8 aromatic carbocycles. The van der Waals surface area contributed by atoms with Gasteiger partial charge in [-0.3, -0.25) is 0 Å². The summed E-state index contributed by atoms with van der Waals surface area (Å²) in [5.74, 6) is -5.27. The van der Waals surface area contributed by atoms with E-state index in [0.29, 0.717) is 16.2 Å². The number of hydrogen-bond donors (Lipinski definition) is 0. The van der Waals surface area contributed by atoms with Gasteiger partial charge < -0.3 is 0 Å². The maximum absolute atomic E-state index is 14.3. The van der Waals surface area contributed by atoms with E-state index >= 15 is 0 Å². The maximum Gasteiger partial charge on any atom is 0.458 e. The molecule has 0 nitrogen and oxygen atoms in total. The average molecular weight is 591 g/mol. The van der Waals surface area contributed by atoms with Crippen molar-refractivity contribution in [2.45, 2.75) is 12.1 Å². The van der Waals surface area contributed by atoms with Gasteiger partial charge in [0.25, 0.3) is 0 Å². The summed E-state index contributed by atoms with van der Waals surface area (Å²) >= 11 is 0. The Labute approximate surface area is 247 Å². The Balaban J connectivity index is 1.41. The molecular formula is C38H20F6. The molecule has 44 heavy (non-hydrogen) atoms. The second-order valence-electron chi connectivity index (χ2n) is 11.1. The predicted octanol–water partition coefficient (Wildman–Crippen LogP) is 12.0. The van der Waals surface area contributed by atoms with Gasteiger partial charge in [0.05, 0.1) is 0 Å². The summed E-state index contributed by atoms with van der Waals surface area (Å²) in [5, 5.41) is 7.85. The van der Waals surface area contributed by atoms with Crippen LogP contribution < -0.4 is 0 Å². The lowest BCUT2D eigenvalue weighted by atomic mass is 9.84. The summed E-state index contributed by atoms with van der Waals surface area (Å²) in [6.07, 6.45) is -5.69. The molecule has 8 aromatic rings. The van der Waals surface area contributed by atoms with Crippen LogP contribution in [-0.4, -0.2) is 6.18 Å². The molecule has 0 radical (unpaired) electrons. The highest BCUT2D eigenvalue weighted by Crippen LogP contribution is 2.48. The maximum atomic E-state index is 14.3. The molecular weight excluding hydrogens is 570 g/mol. The molecule has 0 atom stereocenters. The van der Waals surface area contributed by atoms with Gasteiger partial charge in [-0.1, -0.05) is 84.9 Å². The van der Waals surface area contributed by atoms with Crippen molar-refractivity contribution in [3.8, 4) is 22.3 Å². The largest absolute Gasteiger partial charge is 0.458 e. The summed E-state index contributed by atoms with van der Waals surface area (Å²) < 4.78 is 82.1. The van der Waals surface area contributed by atoms with Crippen LogP contribution in [0.3, 0.4) is 0 Å². The van der Waals surface area contributed by atoms with E-state index in [1.807, 2.05) is 36.4 Å². The molecule has 0 saturated carbocycles. The van der Waals surface area contributed by atoms with Gasteiger partial charge in [0, 0.05) is 5.56 Å². The van der Waals surface area contributed by atoms with Crippen LogP contribution >= 0.6 is 0 Å². The first kappa shape index (κ1) is 26.5. The van der Waals surface area contributed by atoms with E-state index in [-0.39, 0.29) is 5.82 Å². The first-order valence-corrected chi connectivity index (χ1v) is 14.0. The number of halogens is 6. The highest BCUT2D eigenvalue weighted by Gasteiger charge is 2.58. The van der Waals surface area contributed by atoms with Crippen LogP contribution in [0.4, 0.5) is 26.3 Å². The molecule has 0 amide bonds. The second kappa shape index (κ2) is 9.20. The zero-order valence-electron chi connectivity index (χ0n) is 22.8. The van der Waals surface area contributed by atoms with Crippen molar-refractivity contribution in [1.82, 2.24) is 0 Å². The number of rotatable bonds is 3. The van der Waals surface area contributed by atoms with Crippen LogP contribution in [-0.2, 0) is 5.92 Å². The second-order valence-corrected chi connectivity index (χ2v) is 11.1. The molecule has 6 heteroatoms. The van der Waals surface area contributed by atoms with Gasteiger partial charge in [0.15, 0.2) is 0 Å². The number of benzene rings is 8. The predicted molar refractivity (Wildman–Crippen MR) is 166 cm³/mol. The smallest absolute Gasteiger partial charge is 0.207 e. The van der Waals surface area contributed by atoms with Gasteiger partial charge in [-0.2, -0.15) is 22.0 Å². The normalized spacial score (nSPS) is 12.8. The lowest BCUT2D eigenvalue weighted by Crippen LogP contribution is -2.33. The molecule has 0 spiro atoms. The summed E-state index contributed by atoms with van der Waals surface area (Å²) in [6.45, 7) is 0. The Morgan fingerprint density at radius 3 is 1.20 bits per heavy atom. The van der Waals surface area contributed by atoms with Crippen molar-refractivity contribution in [3.63, 3.8) is 0 Å². The van der Waals surface area contributed by atoms with Crippen LogP contribution in [0.1, 0.15) is 5.56 Å². The van der Waals surface area contributed by atoms with E-state index in [1.165, 1.54) is 12.1 Å². The minimum atomic E-state index is -5.69. The van der Waals surface area contributed by atoms with E-state index in [1.54, 1.807) is 36.4 Å². The minimum absolute atomic E-state index is 0.307. The van der Waals surface area contributed by atoms with E-state index in [9.17, 15) is 26.3 Å². The highest BCUT2D eigenvalue weighted by molar-refractivity contribution is 6.26. The molecule has 0 aliphatic rings.